The molecule has 12 nitrogen and oxygen atoms in total. The van der Waals surface area contributed by atoms with Crippen LogP contribution in [0.3, 0.4) is 0 Å². The molecule has 0 bridgehead atoms. The van der Waals surface area contributed by atoms with Crippen LogP contribution in [-0.2, 0) is 24.4 Å². The van der Waals surface area contributed by atoms with Crippen LogP contribution in [0.5, 0.6) is 0 Å². The van der Waals surface area contributed by atoms with Gasteiger partial charge in [-0.25, -0.2) is 13.2 Å². The first-order chi connectivity index (χ1) is 17.7. The summed E-state index contributed by atoms with van der Waals surface area (Å²) in [5, 5.41) is 24.8. The van der Waals surface area contributed by atoms with Crippen molar-refractivity contribution in [3.05, 3.63) is 12.2 Å². The second kappa shape index (κ2) is 10.1. The number of carboxylic acid groups (broad SMARTS) is 1. The molecule has 4 rings (SSSR count). The van der Waals surface area contributed by atoms with E-state index in [2.05, 4.69) is 15.4 Å². The second-order valence-electron chi connectivity index (χ2n) is 11.8. The number of rotatable bonds is 4. The first-order valence-electron chi connectivity index (χ1n) is 13.2. The highest BCUT2D eigenvalue weighted by Gasteiger charge is 2.63. The fourth-order valence-electron chi connectivity index (χ4n) is 5.66. The fourth-order valence-corrected chi connectivity index (χ4v) is 6.97. The van der Waals surface area contributed by atoms with E-state index in [0.717, 1.165) is 6.42 Å². The van der Waals surface area contributed by atoms with E-state index in [1.165, 1.54) is 4.90 Å². The monoisotopic (exact) mass is 554 g/mol. The van der Waals surface area contributed by atoms with Gasteiger partial charge in [-0.3, -0.25) is 19.1 Å². The van der Waals surface area contributed by atoms with Gasteiger partial charge < -0.3 is 25.7 Å². The van der Waals surface area contributed by atoms with Crippen LogP contribution >= 0.6 is 0 Å². The predicted octanol–water partition coefficient (Wildman–Crippen LogP) is 0.470. The third-order valence-corrected chi connectivity index (χ3v) is 10.7. The lowest BCUT2D eigenvalue weighted by molar-refractivity contribution is -0.142. The van der Waals surface area contributed by atoms with Crippen LogP contribution in [-0.4, -0.2) is 82.4 Å². The quantitative estimate of drug-likeness (QED) is 0.311. The second-order valence-corrected chi connectivity index (χ2v) is 14.0. The molecule has 212 valence electrons. The number of aliphatic hydroxyl groups is 1. The third kappa shape index (κ3) is 5.54. The van der Waals surface area contributed by atoms with Crippen LogP contribution in [0, 0.1) is 17.8 Å². The Morgan fingerprint density at radius 3 is 2.50 bits per heavy atom. The Morgan fingerprint density at radius 1 is 1.18 bits per heavy atom. The van der Waals surface area contributed by atoms with Gasteiger partial charge in [0.25, 0.3) is 5.91 Å². The molecule has 0 spiro atoms. The van der Waals surface area contributed by atoms with Crippen LogP contribution < -0.4 is 15.4 Å². The minimum Gasteiger partial charge on any atom is -0.465 e. The number of allylic oxidation sites excluding steroid dienone is 1. The Balaban J connectivity index is 1.64. The lowest BCUT2D eigenvalue weighted by Crippen LogP contribution is -2.59. The largest absolute Gasteiger partial charge is 0.465 e. The number of aliphatic hydroxyl groups excluding tert-OH is 1. The molecule has 0 aromatic heterocycles. The number of sulfonamides is 1. The molecule has 4 aliphatic rings. The van der Waals surface area contributed by atoms with Gasteiger partial charge in [0.2, 0.25) is 21.8 Å². The average Bonchev–Trinajstić information content (AvgIpc) is 3.70. The standard InChI is InChI=1S/C25H38N4O8S/c1-14-6-4-5-7-16-12-25(16,22(33)28-38(36,37)24(3)8-9-24)27-20(31)18-11-17(30)13-29(18)21(32)19(15(2)10-14)26-23(34)35/h5,7,14-19,26,30H,4,6,8-13H2,1-3H3,(H,27,31)(H,28,33)(H,34,35)/b7-5-/t14-,15-,16-,17-,18+,19+,25-/m1/s1. The van der Waals surface area contributed by atoms with E-state index >= 15 is 0 Å². The summed E-state index contributed by atoms with van der Waals surface area (Å²) in [6.45, 7) is 5.19. The molecule has 0 radical (unpaired) electrons. The normalized spacial score (nSPS) is 37.9. The van der Waals surface area contributed by atoms with Crippen molar-refractivity contribution in [2.45, 2.75) is 94.2 Å². The molecule has 3 fully saturated rings. The highest BCUT2D eigenvalue weighted by atomic mass is 32.2. The first kappa shape index (κ1) is 28.3. The summed E-state index contributed by atoms with van der Waals surface area (Å²) in [5.74, 6) is -2.77. The van der Waals surface area contributed by atoms with Crippen LogP contribution in [0.15, 0.2) is 12.2 Å². The molecule has 38 heavy (non-hydrogen) atoms. The van der Waals surface area contributed by atoms with E-state index in [-0.39, 0.29) is 31.2 Å². The maximum absolute atomic E-state index is 13.6. The van der Waals surface area contributed by atoms with E-state index in [4.69, 9.17) is 0 Å². The van der Waals surface area contributed by atoms with Gasteiger partial charge in [0.05, 0.1) is 10.9 Å². The zero-order valence-electron chi connectivity index (χ0n) is 22.0. The number of fused-ring (bicyclic) bond motifs is 2. The number of carbonyl (C=O) groups is 4. The SMILES string of the molecule is C[C@@H]1CC/C=C\[C@@H]2C[C@@]2(C(=O)NS(=O)(=O)C2(C)CC2)NC(=O)[C@@H]2C[C@@H](O)CN2C(=O)[C@@H](NC(=O)O)[C@H](C)C1. The van der Waals surface area contributed by atoms with Crippen molar-refractivity contribution in [2.75, 3.05) is 6.54 Å². The van der Waals surface area contributed by atoms with Crippen molar-refractivity contribution in [1.82, 2.24) is 20.3 Å². The number of carbonyl (C=O) groups excluding carboxylic acids is 3. The minimum atomic E-state index is -3.94. The Kier molecular flexibility index (Phi) is 7.56. The fraction of sp³-hybridized carbons (Fsp3) is 0.760. The van der Waals surface area contributed by atoms with E-state index < -0.39 is 68.2 Å². The highest BCUT2D eigenvalue weighted by molar-refractivity contribution is 7.91. The summed E-state index contributed by atoms with van der Waals surface area (Å²) in [7, 11) is -3.94. The molecule has 2 heterocycles. The Morgan fingerprint density at radius 2 is 1.87 bits per heavy atom. The maximum Gasteiger partial charge on any atom is 0.405 e. The van der Waals surface area contributed by atoms with Gasteiger partial charge >= 0.3 is 6.09 Å². The molecule has 1 saturated heterocycles. The topological polar surface area (TPSA) is 182 Å². The van der Waals surface area contributed by atoms with Crippen LogP contribution in [0.25, 0.3) is 0 Å². The molecular formula is C25H38N4O8S. The Bertz CT molecular complexity index is 1140. The van der Waals surface area contributed by atoms with Gasteiger partial charge in [-0.2, -0.15) is 0 Å². The van der Waals surface area contributed by atoms with Gasteiger partial charge in [0.15, 0.2) is 0 Å². The van der Waals surface area contributed by atoms with E-state index in [0.29, 0.717) is 25.7 Å². The van der Waals surface area contributed by atoms with Crippen LogP contribution in [0.4, 0.5) is 4.79 Å². The van der Waals surface area contributed by atoms with E-state index in [1.54, 1.807) is 13.8 Å². The lowest BCUT2D eigenvalue weighted by atomic mass is 9.88. The molecule has 2 saturated carbocycles. The van der Waals surface area contributed by atoms with Crippen molar-refractivity contribution in [1.29, 1.82) is 0 Å². The molecule has 0 unspecified atom stereocenters. The maximum atomic E-state index is 13.6. The zero-order chi connectivity index (χ0) is 28.0. The van der Waals surface area contributed by atoms with Crippen molar-refractivity contribution in [3.63, 3.8) is 0 Å². The molecule has 7 atom stereocenters. The summed E-state index contributed by atoms with van der Waals surface area (Å²) >= 11 is 0. The highest BCUT2D eigenvalue weighted by Crippen LogP contribution is 2.47. The van der Waals surface area contributed by atoms with E-state index in [9.17, 15) is 37.8 Å². The van der Waals surface area contributed by atoms with Crippen LogP contribution in [0.1, 0.15) is 65.7 Å². The van der Waals surface area contributed by atoms with Crippen molar-refractivity contribution >= 4 is 33.8 Å². The number of nitrogens with zero attached hydrogens (tertiary/aromatic N) is 1. The molecule has 5 N–H and O–H groups in total. The molecule has 0 aromatic carbocycles. The van der Waals surface area contributed by atoms with Gasteiger partial charge in [-0.15, -0.1) is 0 Å². The third-order valence-electron chi connectivity index (χ3n) is 8.54. The molecule has 2 aliphatic carbocycles. The number of hydrogen-bond donors (Lipinski definition) is 5. The summed E-state index contributed by atoms with van der Waals surface area (Å²) < 4.78 is 26.7. The van der Waals surface area contributed by atoms with Gasteiger partial charge in [0.1, 0.15) is 17.6 Å². The lowest BCUT2D eigenvalue weighted by Gasteiger charge is -2.32. The van der Waals surface area contributed by atoms with Crippen molar-refractivity contribution < 1.29 is 37.8 Å². The van der Waals surface area contributed by atoms with Gasteiger partial charge in [0, 0.05) is 18.9 Å². The Hall–Kier alpha value is -2.67. The molecular weight excluding hydrogens is 516 g/mol. The Labute approximate surface area is 222 Å². The van der Waals surface area contributed by atoms with Crippen molar-refractivity contribution in [3.8, 4) is 0 Å². The van der Waals surface area contributed by atoms with Gasteiger partial charge in [-0.1, -0.05) is 26.0 Å². The van der Waals surface area contributed by atoms with E-state index in [1.807, 2.05) is 19.1 Å². The number of amides is 4. The smallest absolute Gasteiger partial charge is 0.405 e. The van der Waals surface area contributed by atoms with Crippen molar-refractivity contribution in [2.24, 2.45) is 17.8 Å². The number of nitrogens with one attached hydrogen (secondary N) is 3. The number of hydrogen-bond acceptors (Lipinski definition) is 7. The minimum absolute atomic E-state index is 0.0866. The zero-order valence-corrected chi connectivity index (χ0v) is 22.8. The average molecular weight is 555 g/mol. The van der Waals surface area contributed by atoms with Gasteiger partial charge in [-0.05, 0) is 57.3 Å². The molecule has 2 aliphatic heterocycles. The molecule has 13 heteroatoms. The predicted molar refractivity (Wildman–Crippen MR) is 136 cm³/mol. The molecule has 0 aromatic rings. The van der Waals surface area contributed by atoms with Crippen LogP contribution in [0.2, 0.25) is 0 Å². The summed E-state index contributed by atoms with van der Waals surface area (Å²) in [6.07, 6.45) is 4.33. The first-order valence-corrected chi connectivity index (χ1v) is 14.7. The summed E-state index contributed by atoms with van der Waals surface area (Å²) in [4.78, 5) is 53.1. The summed E-state index contributed by atoms with van der Waals surface area (Å²) in [5.41, 5.74) is -1.49. The molecule has 4 amide bonds. The summed E-state index contributed by atoms with van der Waals surface area (Å²) in [6, 6.07) is -2.26.